The highest BCUT2D eigenvalue weighted by molar-refractivity contribution is 5.00. The fourth-order valence-electron chi connectivity index (χ4n) is 1.88. The lowest BCUT2D eigenvalue weighted by Crippen LogP contribution is -2.37. The first-order valence-electron chi connectivity index (χ1n) is 9.86. The molecule has 0 atom stereocenters. The summed E-state index contributed by atoms with van der Waals surface area (Å²) in [5, 5.41) is 23.5. The molecule has 10 nitrogen and oxygen atoms in total. The zero-order chi connectivity index (χ0) is 21.2. The maximum absolute atomic E-state index is 4.96. The molecule has 10 heteroatoms. The van der Waals surface area contributed by atoms with Crippen molar-refractivity contribution in [1.82, 2.24) is 41.8 Å². The molecule has 0 spiro atoms. The summed E-state index contributed by atoms with van der Waals surface area (Å²) in [6.45, 7) is 6.19. The van der Waals surface area contributed by atoms with Crippen molar-refractivity contribution in [2.75, 3.05) is 39.6 Å². The van der Waals surface area contributed by atoms with E-state index < -0.39 is 0 Å². The van der Waals surface area contributed by atoms with Crippen LogP contribution in [0.1, 0.15) is 12.8 Å². The first-order chi connectivity index (χ1) is 15.0. The number of allylic oxidation sites excluding steroid dienone is 2. The molecule has 0 radical (unpaired) electrons. The molecule has 0 aromatic carbocycles. The van der Waals surface area contributed by atoms with E-state index in [-0.39, 0.29) is 0 Å². The summed E-state index contributed by atoms with van der Waals surface area (Å²) in [5.41, 5.74) is 2.52. The Morgan fingerprint density at radius 1 is 0.667 bits per heavy atom. The molecule has 3 aliphatic rings. The van der Waals surface area contributed by atoms with Crippen LogP contribution in [0.3, 0.4) is 0 Å². The fourth-order valence-corrected chi connectivity index (χ4v) is 1.88. The normalized spacial score (nSPS) is 16.0. The van der Waals surface area contributed by atoms with Gasteiger partial charge in [-0.2, -0.15) is 20.4 Å². The summed E-state index contributed by atoms with van der Waals surface area (Å²) in [7, 11) is 0. The van der Waals surface area contributed by atoms with Gasteiger partial charge in [0.25, 0.3) is 0 Å². The summed E-state index contributed by atoms with van der Waals surface area (Å²) >= 11 is 0. The molecule has 2 fully saturated rings. The van der Waals surface area contributed by atoms with Crippen molar-refractivity contribution in [2.24, 2.45) is 0 Å². The summed E-state index contributed by atoms with van der Waals surface area (Å²) in [6.07, 6.45) is 15.9. The molecule has 5 rings (SSSR count). The second kappa shape index (κ2) is 22.4. The van der Waals surface area contributed by atoms with E-state index in [9.17, 15) is 0 Å². The second-order valence-corrected chi connectivity index (χ2v) is 5.69. The number of hydrogen-bond acceptors (Lipinski definition) is 10. The number of nitrogens with zero attached hydrogens (tertiary/aromatic N) is 4. The van der Waals surface area contributed by atoms with Crippen molar-refractivity contribution >= 4 is 0 Å². The Kier molecular flexibility index (Phi) is 18.7. The maximum Gasteiger partial charge on any atom is 0.119 e. The molecule has 0 saturated carbocycles. The predicted octanol–water partition coefficient (Wildman–Crippen LogP) is 0.982. The molecule has 3 aliphatic heterocycles. The van der Waals surface area contributed by atoms with Crippen LogP contribution in [0.15, 0.2) is 73.7 Å². The monoisotopic (exact) mass is 416 g/mol. The number of ether oxygens (including phenoxy) is 1. The van der Waals surface area contributed by atoms with E-state index in [1.807, 2.05) is 30.3 Å². The van der Waals surface area contributed by atoms with Gasteiger partial charge in [0, 0.05) is 44.3 Å². The van der Waals surface area contributed by atoms with Gasteiger partial charge in [0.1, 0.15) is 6.26 Å². The first-order valence-corrected chi connectivity index (χ1v) is 9.86. The standard InChI is InChI=1S/C4H10N2.2C4H4N2.C4H9NO.C4H5NO/c1-2-5-4-6-3-1;2*1-2-4-6-5-3-1;1-2-5-4-6-3-1;1-2-4-6-5-3-1/h5-6H,1-4H2;2*1-4H;5H,1-4H2;1-5H. The van der Waals surface area contributed by atoms with E-state index in [0.717, 1.165) is 26.6 Å². The van der Waals surface area contributed by atoms with Crippen LogP contribution in [0.5, 0.6) is 0 Å². The number of nitrogens with one attached hydrogen (secondary N) is 4. The summed E-state index contributed by atoms with van der Waals surface area (Å²) in [5.74, 6) is 0. The van der Waals surface area contributed by atoms with Crippen molar-refractivity contribution in [1.29, 1.82) is 0 Å². The smallest absolute Gasteiger partial charge is 0.119 e. The van der Waals surface area contributed by atoms with Crippen LogP contribution in [-0.2, 0) is 9.57 Å². The van der Waals surface area contributed by atoms with E-state index in [4.69, 9.17) is 4.74 Å². The third-order valence-corrected chi connectivity index (χ3v) is 3.26. The van der Waals surface area contributed by atoms with Gasteiger partial charge in [-0.15, -0.1) is 0 Å². The lowest BCUT2D eigenvalue weighted by Gasteiger charge is -2.11. The minimum Gasteiger partial charge on any atom is -0.391 e. The molecule has 2 aromatic heterocycles. The molecule has 0 aliphatic carbocycles. The molecule has 0 bridgehead atoms. The molecule has 2 aromatic rings. The molecular weight excluding hydrogens is 384 g/mol. The van der Waals surface area contributed by atoms with Gasteiger partial charge in [-0.3, -0.25) is 5.32 Å². The SMILES string of the molecule is C1=CNOC=C1.C1CNCNC1.C1CNCOC1.c1ccnnc1.c1ccnnc1. The summed E-state index contributed by atoms with van der Waals surface area (Å²) in [6, 6.07) is 7.31. The van der Waals surface area contributed by atoms with Crippen molar-refractivity contribution < 1.29 is 9.57 Å². The zero-order valence-corrected chi connectivity index (χ0v) is 17.2. The van der Waals surface area contributed by atoms with E-state index in [1.54, 1.807) is 43.3 Å². The predicted molar refractivity (Wildman–Crippen MR) is 115 cm³/mol. The first kappa shape index (κ1) is 25.1. The lowest BCUT2D eigenvalue weighted by molar-refractivity contribution is 0.0848. The molecule has 0 unspecified atom stereocenters. The third kappa shape index (κ3) is 19.8. The minimum atomic E-state index is 0.750. The van der Waals surface area contributed by atoms with Crippen LogP contribution >= 0.6 is 0 Å². The zero-order valence-electron chi connectivity index (χ0n) is 17.2. The van der Waals surface area contributed by atoms with E-state index in [0.29, 0.717) is 0 Å². The minimum absolute atomic E-state index is 0.750. The maximum atomic E-state index is 4.96. The quantitative estimate of drug-likeness (QED) is 0.495. The number of aromatic nitrogens is 4. The molecular formula is C20H32N8O2. The van der Waals surface area contributed by atoms with Crippen molar-refractivity contribution in [3.8, 4) is 0 Å². The van der Waals surface area contributed by atoms with Gasteiger partial charge in [0.15, 0.2) is 0 Å². The Labute approximate surface area is 178 Å². The van der Waals surface area contributed by atoms with E-state index >= 15 is 0 Å². The van der Waals surface area contributed by atoms with E-state index in [1.165, 1.54) is 25.9 Å². The largest absolute Gasteiger partial charge is 0.391 e. The highest BCUT2D eigenvalue weighted by Crippen LogP contribution is 1.84. The number of hydrogen-bond donors (Lipinski definition) is 4. The highest BCUT2D eigenvalue weighted by Gasteiger charge is 1.93. The van der Waals surface area contributed by atoms with Gasteiger partial charge in [-0.05, 0) is 68.9 Å². The van der Waals surface area contributed by atoms with Crippen LogP contribution in [0.2, 0.25) is 0 Å². The molecule has 30 heavy (non-hydrogen) atoms. The number of hydroxylamine groups is 1. The highest BCUT2D eigenvalue weighted by atomic mass is 16.6. The Morgan fingerprint density at radius 2 is 1.27 bits per heavy atom. The van der Waals surface area contributed by atoms with Crippen LogP contribution in [0.4, 0.5) is 0 Å². The fraction of sp³-hybridized carbons (Fsp3) is 0.400. The van der Waals surface area contributed by atoms with E-state index in [2.05, 4.69) is 46.7 Å². The topological polar surface area (TPSA) is 118 Å². The third-order valence-electron chi connectivity index (χ3n) is 3.26. The van der Waals surface area contributed by atoms with Crippen LogP contribution in [0, 0.1) is 0 Å². The molecule has 164 valence electrons. The second-order valence-electron chi connectivity index (χ2n) is 5.69. The summed E-state index contributed by atoms with van der Waals surface area (Å²) < 4.78 is 4.96. The summed E-state index contributed by atoms with van der Waals surface area (Å²) in [4.78, 5) is 4.55. The van der Waals surface area contributed by atoms with Crippen LogP contribution < -0.4 is 21.4 Å². The van der Waals surface area contributed by atoms with Crippen molar-refractivity contribution in [3.63, 3.8) is 0 Å². The van der Waals surface area contributed by atoms with Gasteiger partial charge in [-0.25, -0.2) is 5.48 Å². The molecule has 5 heterocycles. The van der Waals surface area contributed by atoms with Crippen molar-refractivity contribution in [3.05, 3.63) is 73.7 Å². The van der Waals surface area contributed by atoms with Gasteiger partial charge in [0.05, 0.1) is 6.73 Å². The van der Waals surface area contributed by atoms with Crippen molar-refractivity contribution in [2.45, 2.75) is 12.8 Å². The average molecular weight is 417 g/mol. The molecule has 0 amide bonds. The van der Waals surface area contributed by atoms with Crippen LogP contribution in [0.25, 0.3) is 0 Å². The van der Waals surface area contributed by atoms with Crippen LogP contribution in [-0.4, -0.2) is 60.0 Å². The molecule has 4 N–H and O–H groups in total. The Hall–Kier alpha value is -2.92. The average Bonchev–Trinajstić information content (AvgIpc) is 2.91. The Bertz CT molecular complexity index is 477. The van der Waals surface area contributed by atoms with Gasteiger partial charge >= 0.3 is 0 Å². The molecule has 2 saturated heterocycles. The Morgan fingerprint density at radius 3 is 1.40 bits per heavy atom. The van der Waals surface area contributed by atoms with Gasteiger partial charge < -0.3 is 20.2 Å². The van der Waals surface area contributed by atoms with Gasteiger partial charge in [-0.1, -0.05) is 0 Å². The number of rotatable bonds is 0. The lowest BCUT2D eigenvalue weighted by atomic mass is 10.4. The Balaban J connectivity index is 0.000000187. The van der Waals surface area contributed by atoms with Gasteiger partial charge in [0.2, 0.25) is 0 Å².